The first-order valence-corrected chi connectivity index (χ1v) is 9.71. The van der Waals surface area contributed by atoms with Crippen molar-refractivity contribution < 1.29 is 18.8 Å². The summed E-state index contributed by atoms with van der Waals surface area (Å²) in [5, 5.41) is 3.90. The molecule has 0 saturated carbocycles. The Balaban J connectivity index is 1.43. The molecule has 0 atom stereocenters. The van der Waals surface area contributed by atoms with Gasteiger partial charge < -0.3 is 14.0 Å². The molecule has 4 rings (SSSR count). The van der Waals surface area contributed by atoms with Gasteiger partial charge in [0, 0.05) is 12.3 Å². The molecular weight excluding hydrogens is 398 g/mol. The van der Waals surface area contributed by atoms with E-state index in [0.29, 0.717) is 28.4 Å². The average Bonchev–Trinajstić information content (AvgIpc) is 3.08. The van der Waals surface area contributed by atoms with Crippen molar-refractivity contribution in [1.82, 2.24) is 14.5 Å². The Morgan fingerprint density at radius 3 is 2.71 bits per heavy atom. The van der Waals surface area contributed by atoms with Crippen LogP contribution < -0.4 is 10.3 Å². The number of hydrogen-bond donors (Lipinski definition) is 0. The number of ether oxygens (including phenoxy) is 2. The first-order valence-electron chi connectivity index (χ1n) is 9.71. The molecule has 8 nitrogen and oxygen atoms in total. The van der Waals surface area contributed by atoms with Crippen LogP contribution in [0.15, 0.2) is 58.0 Å². The van der Waals surface area contributed by atoms with Gasteiger partial charge in [0.15, 0.2) is 0 Å². The standard InChI is InChI=1S/C23H21N3O5/c1-14-7-8-21-24-18(10-22(27)26(21)11-14)12-30-23(28)17-5-4-6-19(9-17)29-13-20-15(2)25-31-16(20)3/h4-11H,12-13H2,1-3H3. The van der Waals surface area contributed by atoms with E-state index in [4.69, 9.17) is 14.0 Å². The highest BCUT2D eigenvalue weighted by Crippen LogP contribution is 2.19. The van der Waals surface area contributed by atoms with Crippen molar-refractivity contribution in [1.29, 1.82) is 0 Å². The minimum atomic E-state index is -0.534. The van der Waals surface area contributed by atoms with Gasteiger partial charge >= 0.3 is 5.97 Å². The summed E-state index contributed by atoms with van der Waals surface area (Å²) in [7, 11) is 0. The topological polar surface area (TPSA) is 95.9 Å². The van der Waals surface area contributed by atoms with E-state index in [2.05, 4.69) is 10.1 Å². The molecule has 3 heterocycles. The van der Waals surface area contributed by atoms with E-state index in [0.717, 1.165) is 16.8 Å². The van der Waals surface area contributed by atoms with Crippen LogP contribution in [0.2, 0.25) is 0 Å². The van der Waals surface area contributed by atoms with Crippen LogP contribution in [-0.2, 0) is 18.0 Å². The number of carbonyl (C=O) groups excluding carboxylic acids is 1. The average molecular weight is 419 g/mol. The highest BCUT2D eigenvalue weighted by Gasteiger charge is 2.13. The quantitative estimate of drug-likeness (QED) is 0.441. The van der Waals surface area contributed by atoms with E-state index < -0.39 is 5.97 Å². The lowest BCUT2D eigenvalue weighted by atomic mass is 10.2. The van der Waals surface area contributed by atoms with Gasteiger partial charge in [-0.15, -0.1) is 0 Å². The Labute approximate surface area is 178 Å². The molecule has 0 N–H and O–H groups in total. The summed E-state index contributed by atoms with van der Waals surface area (Å²) < 4.78 is 17.7. The molecule has 0 fully saturated rings. The molecule has 0 saturated heterocycles. The molecule has 0 unspecified atom stereocenters. The van der Waals surface area contributed by atoms with Crippen molar-refractivity contribution in [2.75, 3.05) is 0 Å². The van der Waals surface area contributed by atoms with Crippen molar-refractivity contribution in [3.05, 3.63) is 92.9 Å². The van der Waals surface area contributed by atoms with E-state index in [1.165, 1.54) is 10.5 Å². The maximum absolute atomic E-state index is 12.5. The second-order valence-electron chi connectivity index (χ2n) is 7.22. The SMILES string of the molecule is Cc1ccc2nc(COC(=O)c3cccc(OCc4c(C)noc4C)c3)cc(=O)n2c1. The monoisotopic (exact) mass is 419 g/mol. The summed E-state index contributed by atoms with van der Waals surface area (Å²) in [6.45, 7) is 5.73. The zero-order valence-corrected chi connectivity index (χ0v) is 17.4. The molecule has 1 aromatic carbocycles. The van der Waals surface area contributed by atoms with Crippen LogP contribution in [0, 0.1) is 20.8 Å². The summed E-state index contributed by atoms with van der Waals surface area (Å²) in [6.07, 6.45) is 1.72. The Bertz CT molecular complexity index is 1300. The van der Waals surface area contributed by atoms with Crippen LogP contribution in [0.3, 0.4) is 0 Å². The number of hydrogen-bond acceptors (Lipinski definition) is 7. The first-order chi connectivity index (χ1) is 14.9. The van der Waals surface area contributed by atoms with Crippen molar-refractivity contribution in [2.24, 2.45) is 0 Å². The maximum atomic E-state index is 12.5. The summed E-state index contributed by atoms with van der Waals surface area (Å²) in [6, 6.07) is 11.7. The summed E-state index contributed by atoms with van der Waals surface area (Å²) in [5.41, 5.74) is 3.58. The Morgan fingerprint density at radius 1 is 1.10 bits per heavy atom. The molecular formula is C23H21N3O5. The van der Waals surface area contributed by atoms with Crippen LogP contribution in [-0.4, -0.2) is 20.5 Å². The number of nitrogens with zero attached hydrogens (tertiary/aromatic N) is 3. The van der Waals surface area contributed by atoms with Gasteiger partial charge in [0.05, 0.1) is 22.5 Å². The van der Waals surface area contributed by atoms with Crippen molar-refractivity contribution in [3.63, 3.8) is 0 Å². The number of rotatable bonds is 6. The number of aromatic nitrogens is 3. The molecule has 0 aliphatic carbocycles. The summed E-state index contributed by atoms with van der Waals surface area (Å²) in [4.78, 5) is 29.2. The fourth-order valence-corrected chi connectivity index (χ4v) is 3.13. The van der Waals surface area contributed by atoms with Crippen LogP contribution in [0.25, 0.3) is 5.65 Å². The number of aryl methyl sites for hydroxylation is 3. The fourth-order valence-electron chi connectivity index (χ4n) is 3.13. The Morgan fingerprint density at radius 2 is 1.94 bits per heavy atom. The number of carbonyl (C=O) groups is 1. The number of pyridine rings is 1. The predicted octanol–water partition coefficient (Wildman–Crippen LogP) is 3.54. The zero-order chi connectivity index (χ0) is 22.0. The first kappa shape index (κ1) is 20.3. The molecule has 0 spiro atoms. The molecule has 0 radical (unpaired) electrons. The third-order valence-electron chi connectivity index (χ3n) is 4.85. The number of benzene rings is 1. The molecule has 0 bridgehead atoms. The lowest BCUT2D eigenvalue weighted by Crippen LogP contribution is -2.17. The van der Waals surface area contributed by atoms with E-state index in [9.17, 15) is 9.59 Å². The molecule has 158 valence electrons. The molecule has 0 amide bonds. The minimum Gasteiger partial charge on any atom is -0.489 e. The van der Waals surface area contributed by atoms with E-state index in [1.807, 2.05) is 26.8 Å². The van der Waals surface area contributed by atoms with Crippen LogP contribution in [0.5, 0.6) is 5.75 Å². The third kappa shape index (κ3) is 4.48. The van der Waals surface area contributed by atoms with E-state index in [1.54, 1.807) is 36.5 Å². The largest absolute Gasteiger partial charge is 0.489 e. The normalized spacial score (nSPS) is 10.9. The van der Waals surface area contributed by atoms with Crippen LogP contribution >= 0.6 is 0 Å². The lowest BCUT2D eigenvalue weighted by molar-refractivity contribution is 0.0467. The zero-order valence-electron chi connectivity index (χ0n) is 17.4. The summed E-state index contributed by atoms with van der Waals surface area (Å²) in [5.74, 6) is 0.683. The van der Waals surface area contributed by atoms with Gasteiger partial charge in [-0.3, -0.25) is 9.20 Å². The van der Waals surface area contributed by atoms with Gasteiger partial charge in [0.1, 0.15) is 30.4 Å². The smallest absolute Gasteiger partial charge is 0.338 e. The maximum Gasteiger partial charge on any atom is 0.338 e. The van der Waals surface area contributed by atoms with Crippen LogP contribution in [0.1, 0.15) is 38.6 Å². The van der Waals surface area contributed by atoms with Gasteiger partial charge in [-0.05, 0) is 50.6 Å². The van der Waals surface area contributed by atoms with Crippen molar-refractivity contribution in [2.45, 2.75) is 34.0 Å². The Kier molecular flexibility index (Phi) is 5.53. The highest BCUT2D eigenvalue weighted by atomic mass is 16.5. The molecule has 3 aromatic heterocycles. The molecule has 4 aromatic rings. The van der Waals surface area contributed by atoms with Gasteiger partial charge in [0.25, 0.3) is 5.56 Å². The van der Waals surface area contributed by atoms with Crippen molar-refractivity contribution >= 4 is 11.6 Å². The molecule has 31 heavy (non-hydrogen) atoms. The van der Waals surface area contributed by atoms with Gasteiger partial charge in [-0.25, -0.2) is 9.78 Å². The third-order valence-corrected chi connectivity index (χ3v) is 4.85. The van der Waals surface area contributed by atoms with E-state index in [-0.39, 0.29) is 18.8 Å². The van der Waals surface area contributed by atoms with Gasteiger partial charge in [-0.1, -0.05) is 17.3 Å². The van der Waals surface area contributed by atoms with E-state index >= 15 is 0 Å². The Hall–Kier alpha value is -3.94. The number of esters is 1. The predicted molar refractivity (Wildman–Crippen MR) is 112 cm³/mol. The second-order valence-corrected chi connectivity index (χ2v) is 7.22. The molecule has 0 aliphatic heterocycles. The van der Waals surface area contributed by atoms with Crippen molar-refractivity contribution in [3.8, 4) is 5.75 Å². The summed E-state index contributed by atoms with van der Waals surface area (Å²) >= 11 is 0. The lowest BCUT2D eigenvalue weighted by Gasteiger charge is -2.09. The number of fused-ring (bicyclic) bond motifs is 1. The van der Waals surface area contributed by atoms with Gasteiger partial charge in [0.2, 0.25) is 0 Å². The fraction of sp³-hybridized carbons (Fsp3) is 0.217. The second kappa shape index (κ2) is 8.43. The molecule has 8 heteroatoms. The minimum absolute atomic E-state index is 0.109. The highest BCUT2D eigenvalue weighted by molar-refractivity contribution is 5.89. The van der Waals surface area contributed by atoms with Crippen LogP contribution in [0.4, 0.5) is 0 Å². The van der Waals surface area contributed by atoms with Gasteiger partial charge in [-0.2, -0.15) is 0 Å². The molecule has 0 aliphatic rings.